The van der Waals surface area contributed by atoms with E-state index in [1.807, 2.05) is 12.1 Å². The molecule has 1 unspecified atom stereocenters. The molecule has 0 spiro atoms. The van der Waals surface area contributed by atoms with Gasteiger partial charge in [0.25, 0.3) is 5.91 Å². The molecule has 0 radical (unpaired) electrons. The SMILES string of the molecule is O=C(NCC(O)c1ccc(Cl)cc1)c1cccc2ncccc12. The molecule has 2 aromatic carbocycles. The Morgan fingerprint density at radius 3 is 2.70 bits per heavy atom. The zero-order valence-electron chi connectivity index (χ0n) is 12.2. The van der Waals surface area contributed by atoms with Gasteiger partial charge in [-0.05, 0) is 35.9 Å². The van der Waals surface area contributed by atoms with Gasteiger partial charge >= 0.3 is 0 Å². The van der Waals surface area contributed by atoms with Crippen LogP contribution in [-0.4, -0.2) is 22.5 Å². The number of carbonyl (C=O) groups is 1. The summed E-state index contributed by atoms with van der Waals surface area (Å²) in [5.74, 6) is -0.239. The number of nitrogens with zero attached hydrogens (tertiary/aromatic N) is 1. The highest BCUT2D eigenvalue weighted by Crippen LogP contribution is 2.18. The first-order chi connectivity index (χ1) is 11.1. The van der Waals surface area contributed by atoms with E-state index < -0.39 is 6.10 Å². The summed E-state index contributed by atoms with van der Waals surface area (Å²) in [6.45, 7) is 0.122. The number of benzene rings is 2. The van der Waals surface area contributed by atoms with Crippen LogP contribution in [0.3, 0.4) is 0 Å². The number of halogens is 1. The molecule has 4 nitrogen and oxygen atoms in total. The number of aliphatic hydroxyl groups is 1. The number of aliphatic hydroxyl groups excluding tert-OH is 1. The predicted octanol–water partition coefficient (Wildman–Crippen LogP) is 3.35. The molecule has 0 bridgehead atoms. The van der Waals surface area contributed by atoms with E-state index in [2.05, 4.69) is 10.3 Å². The van der Waals surface area contributed by atoms with Crippen LogP contribution in [0.2, 0.25) is 5.02 Å². The maximum atomic E-state index is 12.4. The van der Waals surface area contributed by atoms with E-state index in [4.69, 9.17) is 11.6 Å². The molecule has 0 fully saturated rings. The minimum Gasteiger partial charge on any atom is -0.387 e. The van der Waals surface area contributed by atoms with Gasteiger partial charge in [-0.1, -0.05) is 35.9 Å². The third-order valence-corrected chi connectivity index (χ3v) is 3.85. The van der Waals surface area contributed by atoms with Gasteiger partial charge in [0.15, 0.2) is 0 Å². The quantitative estimate of drug-likeness (QED) is 0.773. The maximum Gasteiger partial charge on any atom is 0.252 e. The molecule has 0 aliphatic rings. The van der Waals surface area contributed by atoms with E-state index in [0.717, 1.165) is 10.9 Å². The van der Waals surface area contributed by atoms with Crippen molar-refractivity contribution in [1.29, 1.82) is 0 Å². The Morgan fingerprint density at radius 1 is 1.13 bits per heavy atom. The van der Waals surface area contributed by atoms with Crippen molar-refractivity contribution >= 4 is 28.4 Å². The second-order valence-electron chi connectivity index (χ2n) is 5.15. The van der Waals surface area contributed by atoms with Crippen molar-refractivity contribution in [3.8, 4) is 0 Å². The number of hydrogen-bond donors (Lipinski definition) is 2. The topological polar surface area (TPSA) is 62.2 Å². The van der Waals surface area contributed by atoms with E-state index in [0.29, 0.717) is 16.1 Å². The first-order valence-electron chi connectivity index (χ1n) is 7.20. The minimum absolute atomic E-state index is 0.122. The fourth-order valence-electron chi connectivity index (χ4n) is 2.39. The molecule has 2 N–H and O–H groups in total. The summed E-state index contributed by atoms with van der Waals surface area (Å²) in [5, 5.41) is 14.3. The number of nitrogens with one attached hydrogen (secondary N) is 1. The molecule has 23 heavy (non-hydrogen) atoms. The highest BCUT2D eigenvalue weighted by Gasteiger charge is 2.13. The Bertz CT molecular complexity index is 829. The van der Waals surface area contributed by atoms with Gasteiger partial charge in [-0.3, -0.25) is 9.78 Å². The monoisotopic (exact) mass is 326 g/mol. The normalized spacial score (nSPS) is 12.1. The zero-order chi connectivity index (χ0) is 16.2. The number of aromatic nitrogens is 1. The summed E-state index contributed by atoms with van der Waals surface area (Å²) < 4.78 is 0. The molecule has 1 aromatic heterocycles. The molecule has 5 heteroatoms. The first-order valence-corrected chi connectivity index (χ1v) is 7.58. The van der Waals surface area contributed by atoms with Gasteiger partial charge in [-0.25, -0.2) is 0 Å². The highest BCUT2D eigenvalue weighted by molar-refractivity contribution is 6.30. The molecule has 3 aromatic rings. The number of carbonyl (C=O) groups excluding carboxylic acids is 1. The van der Waals surface area contributed by atoms with Crippen LogP contribution in [0.25, 0.3) is 10.9 Å². The lowest BCUT2D eigenvalue weighted by Gasteiger charge is -2.13. The van der Waals surface area contributed by atoms with Gasteiger partial charge in [0.2, 0.25) is 0 Å². The van der Waals surface area contributed by atoms with Crippen molar-refractivity contribution in [2.24, 2.45) is 0 Å². The molecule has 1 heterocycles. The van der Waals surface area contributed by atoms with Crippen LogP contribution in [0.15, 0.2) is 60.8 Å². The zero-order valence-corrected chi connectivity index (χ0v) is 13.0. The van der Waals surface area contributed by atoms with E-state index in [9.17, 15) is 9.90 Å². The minimum atomic E-state index is -0.788. The maximum absolute atomic E-state index is 12.4. The molecule has 0 aliphatic carbocycles. The number of hydrogen-bond acceptors (Lipinski definition) is 3. The summed E-state index contributed by atoms with van der Waals surface area (Å²) in [4.78, 5) is 16.6. The molecule has 1 amide bonds. The molecule has 116 valence electrons. The predicted molar refractivity (Wildman–Crippen MR) is 90.5 cm³/mol. The van der Waals surface area contributed by atoms with Crippen LogP contribution >= 0.6 is 11.6 Å². The van der Waals surface area contributed by atoms with Gasteiger partial charge in [0.05, 0.1) is 11.6 Å². The largest absolute Gasteiger partial charge is 0.387 e. The Morgan fingerprint density at radius 2 is 1.91 bits per heavy atom. The lowest BCUT2D eigenvalue weighted by molar-refractivity contribution is 0.0918. The fourth-order valence-corrected chi connectivity index (χ4v) is 2.51. The van der Waals surface area contributed by atoms with Crippen molar-refractivity contribution in [1.82, 2.24) is 10.3 Å². The third-order valence-electron chi connectivity index (χ3n) is 3.60. The Labute approximate surface area is 138 Å². The molecular formula is C18H15ClN2O2. The molecule has 1 atom stereocenters. The van der Waals surface area contributed by atoms with Gasteiger partial charge in [-0.15, -0.1) is 0 Å². The summed E-state index contributed by atoms with van der Waals surface area (Å²) in [7, 11) is 0. The van der Waals surface area contributed by atoms with Crippen LogP contribution in [0.5, 0.6) is 0 Å². The van der Waals surface area contributed by atoms with Crippen LogP contribution in [0, 0.1) is 0 Å². The lowest BCUT2D eigenvalue weighted by atomic mass is 10.1. The molecule has 3 rings (SSSR count). The molecular weight excluding hydrogens is 312 g/mol. The summed E-state index contributed by atoms with van der Waals surface area (Å²) in [6, 6.07) is 15.9. The second kappa shape index (κ2) is 6.77. The number of fused-ring (bicyclic) bond motifs is 1. The van der Waals surface area contributed by atoms with Gasteiger partial charge in [-0.2, -0.15) is 0 Å². The number of pyridine rings is 1. The van der Waals surface area contributed by atoms with Crippen molar-refractivity contribution in [2.75, 3.05) is 6.54 Å². The van der Waals surface area contributed by atoms with Gasteiger partial charge < -0.3 is 10.4 Å². The van der Waals surface area contributed by atoms with Gasteiger partial charge in [0, 0.05) is 28.7 Å². The molecule has 0 aliphatic heterocycles. The average molecular weight is 327 g/mol. The van der Waals surface area contributed by atoms with Gasteiger partial charge in [0.1, 0.15) is 0 Å². The van der Waals surface area contributed by atoms with Crippen molar-refractivity contribution < 1.29 is 9.90 Å². The Balaban J connectivity index is 1.72. The first kappa shape index (κ1) is 15.5. The fraction of sp³-hybridized carbons (Fsp3) is 0.111. The Kier molecular flexibility index (Phi) is 4.55. The van der Waals surface area contributed by atoms with E-state index in [1.54, 1.807) is 48.7 Å². The summed E-state index contributed by atoms with van der Waals surface area (Å²) in [6.07, 6.45) is 0.901. The third kappa shape index (κ3) is 3.50. The van der Waals surface area contributed by atoms with Crippen molar-refractivity contribution in [2.45, 2.75) is 6.10 Å². The number of rotatable bonds is 4. The van der Waals surface area contributed by atoms with E-state index >= 15 is 0 Å². The summed E-state index contributed by atoms with van der Waals surface area (Å²) in [5.41, 5.74) is 2.01. The average Bonchev–Trinajstić information content (AvgIpc) is 2.59. The van der Waals surface area contributed by atoms with Crippen molar-refractivity contribution in [3.05, 3.63) is 76.9 Å². The second-order valence-corrected chi connectivity index (χ2v) is 5.59. The number of amides is 1. The Hall–Kier alpha value is -2.43. The highest BCUT2D eigenvalue weighted by atomic mass is 35.5. The lowest BCUT2D eigenvalue weighted by Crippen LogP contribution is -2.28. The van der Waals surface area contributed by atoms with Crippen LogP contribution < -0.4 is 5.32 Å². The standard InChI is InChI=1S/C18H15ClN2O2/c19-13-8-6-12(7-9-13)17(22)11-21-18(23)15-3-1-5-16-14(15)4-2-10-20-16/h1-10,17,22H,11H2,(H,21,23). The van der Waals surface area contributed by atoms with Crippen LogP contribution in [0.4, 0.5) is 0 Å². The molecule has 0 saturated carbocycles. The smallest absolute Gasteiger partial charge is 0.252 e. The van der Waals surface area contributed by atoms with Crippen LogP contribution in [0.1, 0.15) is 22.0 Å². The van der Waals surface area contributed by atoms with Crippen LogP contribution in [-0.2, 0) is 0 Å². The molecule has 0 saturated heterocycles. The van der Waals surface area contributed by atoms with E-state index in [1.165, 1.54) is 0 Å². The summed E-state index contributed by atoms with van der Waals surface area (Å²) >= 11 is 5.82. The van der Waals surface area contributed by atoms with E-state index in [-0.39, 0.29) is 12.5 Å². The van der Waals surface area contributed by atoms with Crippen molar-refractivity contribution in [3.63, 3.8) is 0 Å².